The molecule has 0 spiro atoms. The van der Waals surface area contributed by atoms with Crippen molar-refractivity contribution < 1.29 is 4.74 Å². The molecule has 2 bridgehead atoms. The van der Waals surface area contributed by atoms with Crippen molar-refractivity contribution in [3.05, 3.63) is 0 Å². The summed E-state index contributed by atoms with van der Waals surface area (Å²) in [7, 11) is 3.73. The normalized spacial score (nSPS) is 34.5. The number of morpholine rings is 1. The minimum atomic E-state index is 0.445. The molecular formula is C8H15N3O. The number of nitrogens with one attached hydrogen (secondary N) is 1. The number of nitrogens with zero attached hydrogens (tertiary/aromatic N) is 2. The van der Waals surface area contributed by atoms with Gasteiger partial charge in [0.15, 0.2) is 5.96 Å². The Morgan fingerprint density at radius 3 is 2.92 bits per heavy atom. The van der Waals surface area contributed by atoms with E-state index in [2.05, 4.69) is 15.2 Å². The van der Waals surface area contributed by atoms with E-state index in [1.807, 2.05) is 14.1 Å². The number of hydrogen-bond acceptors (Lipinski definition) is 2. The van der Waals surface area contributed by atoms with Crippen molar-refractivity contribution in [2.75, 3.05) is 27.2 Å². The van der Waals surface area contributed by atoms with Crippen LogP contribution in [0.1, 0.15) is 6.42 Å². The lowest BCUT2D eigenvalue weighted by Gasteiger charge is -2.29. The largest absolute Gasteiger partial charge is 0.374 e. The van der Waals surface area contributed by atoms with Gasteiger partial charge in [0.1, 0.15) is 0 Å². The lowest BCUT2D eigenvalue weighted by molar-refractivity contribution is 0.0556. The van der Waals surface area contributed by atoms with E-state index in [0.29, 0.717) is 12.1 Å². The zero-order chi connectivity index (χ0) is 8.55. The van der Waals surface area contributed by atoms with Crippen molar-refractivity contribution in [2.24, 2.45) is 4.99 Å². The minimum absolute atomic E-state index is 0.445. The van der Waals surface area contributed by atoms with Crippen LogP contribution in [0.4, 0.5) is 0 Å². The second-order valence-corrected chi connectivity index (χ2v) is 3.29. The molecule has 4 nitrogen and oxygen atoms in total. The van der Waals surface area contributed by atoms with Gasteiger partial charge in [-0.15, -0.1) is 0 Å². The Balaban J connectivity index is 2.06. The molecule has 1 N–H and O–H groups in total. The molecule has 0 radical (unpaired) electrons. The molecule has 2 heterocycles. The van der Waals surface area contributed by atoms with E-state index in [9.17, 15) is 0 Å². The summed E-state index contributed by atoms with van der Waals surface area (Å²) in [5.41, 5.74) is 0. The van der Waals surface area contributed by atoms with Gasteiger partial charge in [-0.2, -0.15) is 0 Å². The van der Waals surface area contributed by atoms with Crippen LogP contribution in [0, 0.1) is 0 Å². The van der Waals surface area contributed by atoms with Crippen molar-refractivity contribution in [1.82, 2.24) is 10.2 Å². The zero-order valence-electron chi connectivity index (χ0n) is 7.58. The highest BCUT2D eigenvalue weighted by Crippen LogP contribution is 2.27. The molecular weight excluding hydrogens is 154 g/mol. The summed E-state index contributed by atoms with van der Waals surface area (Å²) in [5, 5.41) is 3.10. The summed E-state index contributed by atoms with van der Waals surface area (Å²) in [6.45, 7) is 1.86. The first-order valence-corrected chi connectivity index (χ1v) is 4.38. The van der Waals surface area contributed by atoms with Crippen LogP contribution < -0.4 is 5.32 Å². The molecule has 2 rings (SSSR count). The topological polar surface area (TPSA) is 36.9 Å². The molecule has 2 unspecified atom stereocenters. The zero-order valence-corrected chi connectivity index (χ0v) is 7.58. The van der Waals surface area contributed by atoms with Crippen LogP contribution >= 0.6 is 0 Å². The number of likely N-dealkylation sites (tertiary alicyclic amines) is 1. The highest BCUT2D eigenvalue weighted by molar-refractivity contribution is 5.80. The van der Waals surface area contributed by atoms with E-state index in [1.165, 1.54) is 6.42 Å². The quantitative estimate of drug-likeness (QED) is 0.398. The molecule has 68 valence electrons. The summed E-state index contributed by atoms with van der Waals surface area (Å²) in [4.78, 5) is 6.48. The van der Waals surface area contributed by atoms with Gasteiger partial charge in [0.05, 0.1) is 18.8 Å². The second-order valence-electron chi connectivity index (χ2n) is 3.29. The van der Waals surface area contributed by atoms with E-state index >= 15 is 0 Å². The molecule has 0 aromatic carbocycles. The predicted octanol–water partition coefficient (Wildman–Crippen LogP) is -0.335. The summed E-state index contributed by atoms with van der Waals surface area (Å²) < 4.78 is 5.50. The van der Waals surface area contributed by atoms with Crippen molar-refractivity contribution in [3.8, 4) is 0 Å². The Hall–Kier alpha value is -0.770. The van der Waals surface area contributed by atoms with E-state index in [1.54, 1.807) is 0 Å². The van der Waals surface area contributed by atoms with Gasteiger partial charge in [-0.1, -0.05) is 0 Å². The third kappa shape index (κ3) is 1.06. The first kappa shape index (κ1) is 7.86. The van der Waals surface area contributed by atoms with Gasteiger partial charge in [-0.3, -0.25) is 4.99 Å². The summed E-state index contributed by atoms with van der Waals surface area (Å²) in [6, 6.07) is 0.557. The Morgan fingerprint density at radius 1 is 1.67 bits per heavy atom. The molecule has 0 amide bonds. The molecule has 2 fully saturated rings. The Morgan fingerprint density at radius 2 is 2.50 bits per heavy atom. The molecule has 0 saturated carbocycles. The smallest absolute Gasteiger partial charge is 0.193 e. The van der Waals surface area contributed by atoms with Gasteiger partial charge in [0.2, 0.25) is 0 Å². The predicted molar refractivity (Wildman–Crippen MR) is 47.3 cm³/mol. The van der Waals surface area contributed by atoms with Crippen molar-refractivity contribution in [1.29, 1.82) is 0 Å². The summed E-state index contributed by atoms with van der Waals surface area (Å²) in [5.74, 6) is 0.991. The SMILES string of the molecule is CN=C(NC)N1CC2CC1CO2. The minimum Gasteiger partial charge on any atom is -0.374 e. The lowest BCUT2D eigenvalue weighted by Crippen LogP contribution is -2.46. The third-order valence-electron chi connectivity index (χ3n) is 2.61. The molecule has 0 aromatic heterocycles. The Kier molecular flexibility index (Phi) is 1.92. The van der Waals surface area contributed by atoms with E-state index in [4.69, 9.17) is 4.74 Å². The van der Waals surface area contributed by atoms with Gasteiger partial charge in [0.25, 0.3) is 0 Å². The second kappa shape index (κ2) is 2.94. The fourth-order valence-electron chi connectivity index (χ4n) is 2.04. The maximum atomic E-state index is 5.50. The number of hydrogen-bond donors (Lipinski definition) is 1. The van der Waals surface area contributed by atoms with Crippen molar-refractivity contribution >= 4 is 5.96 Å². The molecule has 2 aliphatic rings. The van der Waals surface area contributed by atoms with Crippen molar-refractivity contribution in [3.63, 3.8) is 0 Å². The number of aliphatic imine (C=N–C) groups is 1. The van der Waals surface area contributed by atoms with Crippen LogP contribution in [0.3, 0.4) is 0 Å². The van der Waals surface area contributed by atoms with Crippen molar-refractivity contribution in [2.45, 2.75) is 18.6 Å². The van der Waals surface area contributed by atoms with Crippen LogP contribution in [0.25, 0.3) is 0 Å². The average Bonchev–Trinajstić information content (AvgIpc) is 2.67. The number of guanidine groups is 1. The fourth-order valence-corrected chi connectivity index (χ4v) is 2.04. The van der Waals surface area contributed by atoms with Crippen LogP contribution in [-0.4, -0.2) is 50.3 Å². The highest BCUT2D eigenvalue weighted by Gasteiger charge is 2.40. The van der Waals surface area contributed by atoms with E-state index in [0.717, 1.165) is 19.1 Å². The molecule has 2 saturated heterocycles. The first-order valence-electron chi connectivity index (χ1n) is 4.38. The van der Waals surface area contributed by atoms with E-state index in [-0.39, 0.29) is 0 Å². The molecule has 2 atom stereocenters. The Labute approximate surface area is 72.6 Å². The molecule has 0 aromatic rings. The molecule has 4 heteroatoms. The number of rotatable bonds is 0. The fraction of sp³-hybridized carbons (Fsp3) is 0.875. The molecule has 0 aliphatic carbocycles. The van der Waals surface area contributed by atoms with Crippen LogP contribution in [0.15, 0.2) is 4.99 Å². The van der Waals surface area contributed by atoms with Gasteiger partial charge < -0.3 is 15.0 Å². The Bertz CT molecular complexity index is 204. The maximum absolute atomic E-state index is 5.50. The molecule has 12 heavy (non-hydrogen) atoms. The van der Waals surface area contributed by atoms with Crippen LogP contribution in [0.2, 0.25) is 0 Å². The number of ether oxygens (including phenoxy) is 1. The lowest BCUT2D eigenvalue weighted by atomic mass is 10.2. The van der Waals surface area contributed by atoms with Crippen LogP contribution in [-0.2, 0) is 4.74 Å². The summed E-state index contributed by atoms with van der Waals surface area (Å²) >= 11 is 0. The highest BCUT2D eigenvalue weighted by atomic mass is 16.5. The van der Waals surface area contributed by atoms with Gasteiger partial charge in [-0.05, 0) is 6.42 Å². The van der Waals surface area contributed by atoms with Gasteiger partial charge in [-0.25, -0.2) is 0 Å². The van der Waals surface area contributed by atoms with Gasteiger partial charge >= 0.3 is 0 Å². The first-order chi connectivity index (χ1) is 5.85. The average molecular weight is 169 g/mol. The monoisotopic (exact) mass is 169 g/mol. The number of fused-ring (bicyclic) bond motifs is 2. The molecule has 2 aliphatic heterocycles. The van der Waals surface area contributed by atoms with E-state index < -0.39 is 0 Å². The van der Waals surface area contributed by atoms with Gasteiger partial charge in [0, 0.05) is 20.6 Å². The third-order valence-corrected chi connectivity index (χ3v) is 2.61. The summed E-state index contributed by atoms with van der Waals surface area (Å²) in [6.07, 6.45) is 1.61. The standard InChI is InChI=1S/C8H15N3O/c1-9-8(10-2)11-4-7-3-6(11)5-12-7/h6-7H,3-5H2,1-2H3,(H,9,10). The maximum Gasteiger partial charge on any atom is 0.193 e. The van der Waals surface area contributed by atoms with Crippen LogP contribution in [0.5, 0.6) is 0 Å².